The zero-order valence-electron chi connectivity index (χ0n) is 16.8. The topological polar surface area (TPSA) is 79.7 Å². The van der Waals surface area contributed by atoms with Crippen molar-refractivity contribution in [2.24, 2.45) is 11.8 Å². The Labute approximate surface area is 177 Å². The lowest BCUT2D eigenvalue weighted by Crippen LogP contribution is -2.61. The van der Waals surface area contributed by atoms with E-state index in [2.05, 4.69) is 16.8 Å². The minimum absolute atomic E-state index is 0.262. The third-order valence-corrected chi connectivity index (χ3v) is 7.10. The first kappa shape index (κ1) is 22.9. The summed E-state index contributed by atoms with van der Waals surface area (Å²) in [4.78, 5) is 27.7. The molecule has 3 heterocycles. The van der Waals surface area contributed by atoms with Crippen molar-refractivity contribution in [3.05, 3.63) is 29.6 Å². The number of hydrogen-bond acceptors (Lipinski definition) is 5. The Kier molecular flexibility index (Phi) is 6.66. The number of aryl methyl sites for hydroxylation is 1. The van der Waals surface area contributed by atoms with E-state index in [-0.39, 0.29) is 4.75 Å². The number of amides is 1. The van der Waals surface area contributed by atoms with E-state index in [1.165, 1.54) is 0 Å². The predicted molar refractivity (Wildman–Crippen MR) is 105 cm³/mol. The lowest BCUT2D eigenvalue weighted by Gasteiger charge is -2.47. The fourth-order valence-electron chi connectivity index (χ4n) is 3.72. The Balaban J connectivity index is 0.000000318. The molecule has 166 valence electrons. The quantitative estimate of drug-likeness (QED) is 0.765. The molecule has 3 aliphatic rings. The van der Waals surface area contributed by atoms with Gasteiger partial charge in [0.15, 0.2) is 0 Å². The SMILES string of the molecule is Cc1cccc(COC2CSC3(C2)CN(C(=O)C2CC2C)C3)n1.O=C(O)C(F)(F)F. The van der Waals surface area contributed by atoms with Gasteiger partial charge in [0.25, 0.3) is 0 Å². The van der Waals surface area contributed by atoms with E-state index in [1.807, 2.05) is 36.9 Å². The molecule has 2 saturated heterocycles. The van der Waals surface area contributed by atoms with Gasteiger partial charge < -0.3 is 14.7 Å². The molecule has 6 nitrogen and oxygen atoms in total. The van der Waals surface area contributed by atoms with Crippen LogP contribution in [0.4, 0.5) is 13.2 Å². The molecule has 1 saturated carbocycles. The Hall–Kier alpha value is -1.81. The highest BCUT2D eigenvalue weighted by Crippen LogP contribution is 2.48. The fourth-order valence-corrected chi connectivity index (χ4v) is 5.27. The van der Waals surface area contributed by atoms with E-state index < -0.39 is 12.1 Å². The highest BCUT2D eigenvalue weighted by atomic mass is 32.2. The molecule has 10 heteroatoms. The molecule has 1 spiro atoms. The summed E-state index contributed by atoms with van der Waals surface area (Å²) >= 11 is 1.99. The highest BCUT2D eigenvalue weighted by molar-refractivity contribution is 8.01. The number of carboxylic acid groups (broad SMARTS) is 1. The lowest BCUT2D eigenvalue weighted by molar-refractivity contribution is -0.192. The predicted octanol–water partition coefficient (Wildman–Crippen LogP) is 3.28. The van der Waals surface area contributed by atoms with Crippen LogP contribution in [0.5, 0.6) is 0 Å². The van der Waals surface area contributed by atoms with Crippen molar-refractivity contribution < 1.29 is 32.6 Å². The van der Waals surface area contributed by atoms with Crippen LogP contribution in [0.25, 0.3) is 0 Å². The Bertz CT molecular complexity index is 799. The van der Waals surface area contributed by atoms with Gasteiger partial charge in [-0.1, -0.05) is 13.0 Å². The third kappa shape index (κ3) is 5.66. The van der Waals surface area contributed by atoms with Crippen molar-refractivity contribution in [2.75, 3.05) is 18.8 Å². The number of carbonyl (C=O) groups excluding carboxylic acids is 1. The van der Waals surface area contributed by atoms with E-state index in [1.54, 1.807) is 0 Å². The van der Waals surface area contributed by atoms with E-state index >= 15 is 0 Å². The fraction of sp³-hybridized carbons (Fsp3) is 0.650. The molecular weight excluding hydrogens is 421 g/mol. The number of aliphatic carboxylic acids is 1. The molecular formula is C20H25F3N2O4S. The summed E-state index contributed by atoms with van der Waals surface area (Å²) in [7, 11) is 0. The third-order valence-electron chi connectivity index (χ3n) is 5.53. The minimum Gasteiger partial charge on any atom is -0.475 e. The average molecular weight is 446 g/mol. The van der Waals surface area contributed by atoms with Crippen molar-refractivity contribution >= 4 is 23.6 Å². The Morgan fingerprint density at radius 3 is 2.53 bits per heavy atom. The molecule has 1 N–H and O–H groups in total. The van der Waals surface area contributed by atoms with E-state index in [9.17, 15) is 18.0 Å². The van der Waals surface area contributed by atoms with Gasteiger partial charge >= 0.3 is 12.1 Å². The van der Waals surface area contributed by atoms with Crippen LogP contribution in [0, 0.1) is 18.8 Å². The van der Waals surface area contributed by atoms with Crippen LogP contribution in [-0.4, -0.2) is 62.7 Å². The summed E-state index contributed by atoms with van der Waals surface area (Å²) in [6.45, 7) is 6.60. The molecule has 0 aromatic carbocycles. The van der Waals surface area contributed by atoms with Gasteiger partial charge in [0.05, 0.1) is 23.2 Å². The average Bonchev–Trinajstić information content (AvgIpc) is 3.21. The van der Waals surface area contributed by atoms with Gasteiger partial charge in [-0.15, -0.1) is 11.8 Å². The number of ether oxygens (including phenoxy) is 1. The maximum absolute atomic E-state index is 12.2. The number of halogens is 3. The molecule has 3 atom stereocenters. The summed E-state index contributed by atoms with van der Waals surface area (Å²) < 4.78 is 38.1. The molecule has 2 aliphatic heterocycles. The number of aromatic nitrogens is 1. The summed E-state index contributed by atoms with van der Waals surface area (Å²) in [6.07, 6.45) is -2.64. The largest absolute Gasteiger partial charge is 0.490 e. The second kappa shape index (κ2) is 8.74. The first-order valence-electron chi connectivity index (χ1n) is 9.76. The monoisotopic (exact) mass is 446 g/mol. The number of thioether (sulfide) groups is 1. The van der Waals surface area contributed by atoms with Gasteiger partial charge in [-0.3, -0.25) is 9.78 Å². The molecule has 30 heavy (non-hydrogen) atoms. The highest BCUT2D eigenvalue weighted by Gasteiger charge is 2.53. The van der Waals surface area contributed by atoms with Crippen LogP contribution in [0.2, 0.25) is 0 Å². The molecule has 3 unspecified atom stereocenters. The van der Waals surface area contributed by atoms with Crippen LogP contribution in [0.1, 0.15) is 31.2 Å². The number of carbonyl (C=O) groups is 2. The maximum atomic E-state index is 12.2. The molecule has 1 amide bonds. The van der Waals surface area contributed by atoms with E-state index in [4.69, 9.17) is 14.6 Å². The summed E-state index contributed by atoms with van der Waals surface area (Å²) in [5.41, 5.74) is 2.04. The smallest absolute Gasteiger partial charge is 0.475 e. The van der Waals surface area contributed by atoms with Crippen molar-refractivity contribution in [1.29, 1.82) is 0 Å². The normalized spacial score (nSPS) is 26.6. The number of rotatable bonds is 4. The van der Waals surface area contributed by atoms with Crippen LogP contribution in [0.3, 0.4) is 0 Å². The molecule has 0 radical (unpaired) electrons. The zero-order chi connectivity index (χ0) is 22.1. The van der Waals surface area contributed by atoms with Gasteiger partial charge in [0.2, 0.25) is 5.91 Å². The molecule has 1 aromatic rings. The van der Waals surface area contributed by atoms with Crippen molar-refractivity contribution in [3.63, 3.8) is 0 Å². The van der Waals surface area contributed by atoms with Crippen molar-refractivity contribution in [1.82, 2.24) is 9.88 Å². The number of nitrogens with zero attached hydrogens (tertiary/aromatic N) is 2. The molecule has 1 aromatic heterocycles. The van der Waals surface area contributed by atoms with Gasteiger partial charge in [0.1, 0.15) is 0 Å². The van der Waals surface area contributed by atoms with Gasteiger partial charge in [-0.05, 0) is 37.8 Å². The number of alkyl halides is 3. The van der Waals surface area contributed by atoms with E-state index in [0.717, 1.165) is 43.1 Å². The molecule has 3 fully saturated rings. The number of likely N-dealkylation sites (tertiary alicyclic amines) is 1. The summed E-state index contributed by atoms with van der Waals surface area (Å²) in [5, 5.41) is 7.12. The first-order valence-corrected chi connectivity index (χ1v) is 10.7. The van der Waals surface area contributed by atoms with Gasteiger partial charge in [0, 0.05) is 30.5 Å². The van der Waals surface area contributed by atoms with E-state index in [0.29, 0.717) is 30.5 Å². The Morgan fingerprint density at radius 1 is 1.37 bits per heavy atom. The van der Waals surface area contributed by atoms with Crippen molar-refractivity contribution in [2.45, 2.75) is 50.3 Å². The number of pyridine rings is 1. The lowest BCUT2D eigenvalue weighted by atomic mass is 9.92. The first-order chi connectivity index (χ1) is 14.0. The van der Waals surface area contributed by atoms with Crippen LogP contribution in [-0.2, 0) is 20.9 Å². The van der Waals surface area contributed by atoms with Crippen LogP contribution in [0.15, 0.2) is 18.2 Å². The molecule has 0 bridgehead atoms. The molecule has 1 aliphatic carbocycles. The van der Waals surface area contributed by atoms with Gasteiger partial charge in [-0.2, -0.15) is 13.2 Å². The van der Waals surface area contributed by atoms with Gasteiger partial charge in [-0.25, -0.2) is 4.79 Å². The second-order valence-electron chi connectivity index (χ2n) is 8.22. The van der Waals surface area contributed by atoms with Crippen LogP contribution >= 0.6 is 11.8 Å². The summed E-state index contributed by atoms with van der Waals surface area (Å²) in [5.74, 6) is -0.413. The number of carboxylic acids is 1. The summed E-state index contributed by atoms with van der Waals surface area (Å²) in [6, 6.07) is 6.05. The Morgan fingerprint density at radius 2 is 2.00 bits per heavy atom. The standard InChI is InChI=1S/C18H24N2O2S.C2HF3O2/c1-12-6-16(12)17(21)20-10-18(11-20)7-15(9-23-18)22-8-14-5-3-4-13(2)19-14;3-2(4,5)1(6)7/h3-5,12,15-16H,6-11H2,1-2H3;(H,6,7). The minimum atomic E-state index is -5.08. The maximum Gasteiger partial charge on any atom is 0.490 e. The van der Waals surface area contributed by atoms with Crippen molar-refractivity contribution in [3.8, 4) is 0 Å². The number of hydrogen-bond donors (Lipinski definition) is 1. The zero-order valence-corrected chi connectivity index (χ0v) is 17.6. The molecule has 4 rings (SSSR count). The second-order valence-corrected chi connectivity index (χ2v) is 9.71. The van der Waals surface area contributed by atoms with Crippen LogP contribution < -0.4 is 0 Å².